The van der Waals surface area contributed by atoms with Crippen LogP contribution in [0.4, 0.5) is 22.7 Å². The molecular weight excluding hydrogens is 648 g/mol. The quantitative estimate of drug-likeness (QED) is 0.312. The molecule has 9 rings (SSSR count). The van der Waals surface area contributed by atoms with Crippen molar-refractivity contribution in [3.63, 3.8) is 0 Å². The number of amides is 4. The minimum Gasteiger partial charge on any atom is -0.508 e. The van der Waals surface area contributed by atoms with Gasteiger partial charge in [-0.25, -0.2) is 0 Å². The Morgan fingerprint density at radius 2 is 1.00 bits per heavy atom. The molecular formula is C40H40N4O7. The maximum atomic E-state index is 14.4. The zero-order chi connectivity index (χ0) is 34.8. The SMILES string of the molecule is O=C1[C@H]2[C@H](CC=C3[C@H]2C[C@H]2C(=O)N(c4ccc(N5CCOCC5)cc4)C(=O)[C@H]2[C@H]3c2ccc(O)cc2)C(=O)N1c1ccc(N2CCOCC2)cc1. The largest absolute Gasteiger partial charge is 0.508 e. The van der Waals surface area contributed by atoms with Crippen LogP contribution in [0, 0.1) is 29.6 Å². The molecule has 6 atom stereocenters. The summed E-state index contributed by atoms with van der Waals surface area (Å²) < 4.78 is 11.0. The van der Waals surface area contributed by atoms with E-state index in [9.17, 15) is 24.3 Å². The van der Waals surface area contributed by atoms with Crippen molar-refractivity contribution in [1.82, 2.24) is 0 Å². The molecule has 0 radical (unpaired) electrons. The van der Waals surface area contributed by atoms with Gasteiger partial charge >= 0.3 is 0 Å². The van der Waals surface area contributed by atoms with Gasteiger partial charge in [-0.15, -0.1) is 0 Å². The minimum atomic E-state index is -0.670. The number of phenolic OH excluding ortho intramolecular Hbond substituents is 1. The van der Waals surface area contributed by atoms with Crippen LogP contribution in [0.15, 0.2) is 84.4 Å². The van der Waals surface area contributed by atoms with E-state index in [1.54, 1.807) is 24.3 Å². The van der Waals surface area contributed by atoms with E-state index in [0.29, 0.717) is 50.6 Å². The van der Waals surface area contributed by atoms with E-state index in [1.807, 2.05) is 54.6 Å². The molecule has 2 aliphatic carbocycles. The van der Waals surface area contributed by atoms with Crippen LogP contribution in [0.2, 0.25) is 0 Å². The summed E-state index contributed by atoms with van der Waals surface area (Å²) in [6.07, 6.45) is 2.74. The minimum absolute atomic E-state index is 0.100. The Morgan fingerprint density at radius 3 is 1.53 bits per heavy atom. The Balaban J connectivity index is 1.04. The lowest BCUT2D eigenvalue weighted by atomic mass is 9.57. The normalized spacial score (nSPS) is 29.2. The number of hydrogen-bond acceptors (Lipinski definition) is 9. The molecule has 0 bridgehead atoms. The zero-order valence-corrected chi connectivity index (χ0v) is 28.2. The first kappa shape index (κ1) is 31.9. The monoisotopic (exact) mass is 688 g/mol. The van der Waals surface area contributed by atoms with Gasteiger partial charge in [0, 0.05) is 43.5 Å². The summed E-state index contributed by atoms with van der Waals surface area (Å²) in [4.78, 5) is 64.3. The standard InChI is InChI=1S/C40H40N4O7/c45-29-11-1-24(2-12-29)34-30-13-14-31-35(39(48)43(37(31)46)27-7-3-25(4-8-27)41-15-19-50-20-16-41)32(30)23-33-36(34)40(49)44(38(33)47)28-9-5-26(6-10-28)42-17-21-51-22-18-42/h1-13,31-36,45H,14-23H2/t31-,32+,33+,34-,35-,36+/m0/s1. The first-order chi connectivity index (χ1) is 24.9. The van der Waals surface area contributed by atoms with E-state index in [4.69, 9.17) is 9.47 Å². The Bertz CT molecular complexity index is 1900. The molecule has 1 saturated carbocycles. The molecule has 3 aromatic carbocycles. The van der Waals surface area contributed by atoms with E-state index >= 15 is 0 Å². The van der Waals surface area contributed by atoms with Crippen LogP contribution in [0.25, 0.3) is 0 Å². The number of morpholine rings is 2. The molecule has 0 spiro atoms. The summed E-state index contributed by atoms with van der Waals surface area (Å²) >= 11 is 0. The van der Waals surface area contributed by atoms with Crippen LogP contribution in [-0.2, 0) is 28.7 Å². The van der Waals surface area contributed by atoms with Gasteiger partial charge in [0.25, 0.3) is 0 Å². The summed E-state index contributed by atoms with van der Waals surface area (Å²) in [5, 5.41) is 10.1. The third-order valence-corrected chi connectivity index (χ3v) is 11.9. The first-order valence-corrected chi connectivity index (χ1v) is 18.0. The van der Waals surface area contributed by atoms with Crippen molar-refractivity contribution in [2.45, 2.75) is 18.8 Å². The van der Waals surface area contributed by atoms with Crippen LogP contribution in [0.1, 0.15) is 24.3 Å². The molecule has 262 valence electrons. The Labute approximate surface area is 296 Å². The molecule has 4 amide bonds. The molecule has 4 heterocycles. The molecule has 11 heteroatoms. The van der Waals surface area contributed by atoms with Crippen molar-refractivity contribution in [3.05, 3.63) is 90.0 Å². The van der Waals surface area contributed by atoms with E-state index in [2.05, 4.69) is 9.80 Å². The number of fused-ring (bicyclic) bond motifs is 4. The number of aromatic hydroxyl groups is 1. The number of allylic oxidation sites excluding steroid dienone is 2. The number of benzene rings is 3. The smallest absolute Gasteiger partial charge is 0.238 e. The number of hydrogen-bond donors (Lipinski definition) is 1. The van der Waals surface area contributed by atoms with Crippen LogP contribution in [0.5, 0.6) is 5.75 Å². The summed E-state index contributed by atoms with van der Waals surface area (Å²) in [5.74, 6) is -4.30. The fourth-order valence-corrected chi connectivity index (χ4v) is 9.42. The highest BCUT2D eigenvalue weighted by Gasteiger charge is 2.62. The van der Waals surface area contributed by atoms with Crippen LogP contribution in [-0.4, -0.2) is 81.3 Å². The lowest BCUT2D eigenvalue weighted by molar-refractivity contribution is -0.126. The fraction of sp³-hybridized carbons (Fsp3) is 0.400. The molecule has 0 aromatic heterocycles. The van der Waals surface area contributed by atoms with Gasteiger partial charge in [0.1, 0.15) is 5.75 Å². The van der Waals surface area contributed by atoms with Gasteiger partial charge in [-0.05, 0) is 85.0 Å². The third-order valence-electron chi connectivity index (χ3n) is 11.9. The Morgan fingerprint density at radius 1 is 0.529 bits per heavy atom. The van der Waals surface area contributed by atoms with Gasteiger partial charge in [0.2, 0.25) is 23.6 Å². The van der Waals surface area contributed by atoms with E-state index < -0.39 is 35.5 Å². The molecule has 51 heavy (non-hydrogen) atoms. The number of carbonyl (C=O) groups is 4. The van der Waals surface area contributed by atoms with Crippen LogP contribution >= 0.6 is 0 Å². The second kappa shape index (κ2) is 12.6. The maximum Gasteiger partial charge on any atom is 0.238 e. The lowest BCUT2D eigenvalue weighted by Crippen LogP contribution is -2.43. The van der Waals surface area contributed by atoms with E-state index in [0.717, 1.165) is 48.7 Å². The third kappa shape index (κ3) is 5.24. The molecule has 0 unspecified atom stereocenters. The molecule has 6 aliphatic rings. The summed E-state index contributed by atoms with van der Waals surface area (Å²) in [6.45, 7) is 5.73. The van der Waals surface area contributed by atoms with Gasteiger partial charge < -0.3 is 24.4 Å². The van der Waals surface area contributed by atoms with Gasteiger partial charge in [0.15, 0.2) is 0 Å². The number of nitrogens with zero attached hydrogens (tertiary/aromatic N) is 4. The predicted octanol–water partition coefficient (Wildman–Crippen LogP) is 4.11. The van der Waals surface area contributed by atoms with Crippen molar-refractivity contribution >= 4 is 46.4 Å². The molecule has 11 nitrogen and oxygen atoms in total. The molecule has 5 fully saturated rings. The zero-order valence-electron chi connectivity index (χ0n) is 28.2. The summed E-state index contributed by atoms with van der Waals surface area (Å²) in [7, 11) is 0. The average molecular weight is 689 g/mol. The topological polar surface area (TPSA) is 120 Å². The number of imide groups is 2. The Kier molecular flexibility index (Phi) is 7.92. The highest BCUT2D eigenvalue weighted by atomic mass is 16.5. The number of phenols is 1. The first-order valence-electron chi connectivity index (χ1n) is 18.0. The van der Waals surface area contributed by atoms with E-state index in [-0.39, 0.29) is 29.4 Å². The fourth-order valence-electron chi connectivity index (χ4n) is 9.42. The molecule has 1 N–H and O–H groups in total. The molecule has 4 aliphatic heterocycles. The van der Waals surface area contributed by atoms with Crippen molar-refractivity contribution in [2.24, 2.45) is 29.6 Å². The van der Waals surface area contributed by atoms with Gasteiger partial charge in [-0.2, -0.15) is 0 Å². The number of anilines is 4. The van der Waals surface area contributed by atoms with Gasteiger partial charge in [-0.3, -0.25) is 29.0 Å². The lowest BCUT2D eigenvalue weighted by Gasteiger charge is -2.44. The predicted molar refractivity (Wildman–Crippen MR) is 190 cm³/mol. The van der Waals surface area contributed by atoms with Gasteiger partial charge in [0.05, 0.1) is 61.5 Å². The average Bonchev–Trinajstić information content (AvgIpc) is 3.58. The second-order valence-electron chi connectivity index (χ2n) is 14.4. The number of ether oxygens (including phenoxy) is 2. The highest BCUT2D eigenvalue weighted by Crippen LogP contribution is 2.58. The number of carbonyl (C=O) groups excluding carboxylic acids is 4. The van der Waals surface area contributed by atoms with Crippen molar-refractivity contribution in [1.29, 1.82) is 0 Å². The van der Waals surface area contributed by atoms with Crippen LogP contribution < -0.4 is 19.6 Å². The van der Waals surface area contributed by atoms with Crippen LogP contribution in [0.3, 0.4) is 0 Å². The number of rotatable bonds is 5. The van der Waals surface area contributed by atoms with Crippen molar-refractivity contribution < 1.29 is 33.8 Å². The Hall–Kier alpha value is -5.00. The summed E-state index contributed by atoms with van der Waals surface area (Å²) in [5.41, 5.74) is 4.82. The second-order valence-corrected chi connectivity index (χ2v) is 14.4. The molecule has 4 saturated heterocycles. The summed E-state index contributed by atoms with van der Waals surface area (Å²) in [6, 6.07) is 21.9. The van der Waals surface area contributed by atoms with Gasteiger partial charge in [-0.1, -0.05) is 23.8 Å². The van der Waals surface area contributed by atoms with E-state index in [1.165, 1.54) is 9.80 Å². The van der Waals surface area contributed by atoms with Crippen molar-refractivity contribution in [3.8, 4) is 5.75 Å². The maximum absolute atomic E-state index is 14.4. The van der Waals surface area contributed by atoms with Crippen molar-refractivity contribution in [2.75, 3.05) is 72.2 Å². The highest BCUT2D eigenvalue weighted by molar-refractivity contribution is 6.24. The molecule has 3 aromatic rings.